The Morgan fingerprint density at radius 3 is 2.69 bits per heavy atom. The van der Waals surface area contributed by atoms with Gasteiger partial charge in [0.15, 0.2) is 0 Å². The van der Waals surface area contributed by atoms with E-state index in [1.807, 2.05) is 0 Å². The van der Waals surface area contributed by atoms with Crippen molar-refractivity contribution in [3.8, 4) is 0 Å². The quantitative estimate of drug-likeness (QED) is 0.732. The topological polar surface area (TPSA) is 93.7 Å². The molecule has 140 valence electrons. The van der Waals surface area contributed by atoms with Gasteiger partial charge < -0.3 is 20.1 Å². The third-order valence-electron chi connectivity index (χ3n) is 3.63. The molecule has 0 saturated heterocycles. The van der Waals surface area contributed by atoms with Crippen LogP contribution in [0.3, 0.4) is 0 Å². The van der Waals surface area contributed by atoms with Gasteiger partial charge in [-0.25, -0.2) is 14.0 Å². The molecule has 9 heteroatoms. The SMILES string of the molecule is CCOC(=O)C1=C(COC(=O)Cc2c(F)cccc2Cl)NC(=O)N[C@H]1C. The molecule has 1 aromatic rings. The Labute approximate surface area is 154 Å². The van der Waals surface area contributed by atoms with Gasteiger partial charge in [0.1, 0.15) is 12.4 Å². The Morgan fingerprint density at radius 1 is 1.31 bits per heavy atom. The van der Waals surface area contributed by atoms with E-state index in [0.29, 0.717) is 0 Å². The lowest BCUT2D eigenvalue weighted by Crippen LogP contribution is -2.50. The van der Waals surface area contributed by atoms with E-state index >= 15 is 0 Å². The van der Waals surface area contributed by atoms with Gasteiger partial charge in [0.25, 0.3) is 0 Å². The highest BCUT2D eigenvalue weighted by molar-refractivity contribution is 6.31. The second kappa shape index (κ2) is 8.66. The van der Waals surface area contributed by atoms with Crippen LogP contribution in [0.5, 0.6) is 0 Å². The Hall–Kier alpha value is -2.61. The highest BCUT2D eigenvalue weighted by Gasteiger charge is 2.30. The minimum absolute atomic E-state index is 0.0153. The van der Waals surface area contributed by atoms with Gasteiger partial charge in [0.2, 0.25) is 0 Å². The second-order valence-corrected chi connectivity index (χ2v) is 5.88. The van der Waals surface area contributed by atoms with E-state index in [9.17, 15) is 18.8 Å². The average molecular weight is 385 g/mol. The summed E-state index contributed by atoms with van der Waals surface area (Å²) in [7, 11) is 0. The van der Waals surface area contributed by atoms with Crippen molar-refractivity contribution in [3.05, 3.63) is 45.9 Å². The molecule has 2 rings (SSSR count). The number of halogens is 2. The molecule has 1 aromatic carbocycles. The first-order valence-corrected chi connectivity index (χ1v) is 8.27. The molecule has 1 aliphatic heterocycles. The maximum absolute atomic E-state index is 13.7. The lowest BCUT2D eigenvalue weighted by molar-refractivity contribution is -0.143. The normalized spacial score (nSPS) is 16.6. The van der Waals surface area contributed by atoms with E-state index in [1.54, 1.807) is 13.8 Å². The van der Waals surface area contributed by atoms with Gasteiger partial charge in [0, 0.05) is 10.6 Å². The molecule has 0 aliphatic carbocycles. The molecule has 2 amide bonds. The zero-order valence-corrected chi connectivity index (χ0v) is 15.0. The lowest BCUT2D eigenvalue weighted by Gasteiger charge is -2.26. The highest BCUT2D eigenvalue weighted by Crippen LogP contribution is 2.20. The molecule has 0 radical (unpaired) electrons. The smallest absolute Gasteiger partial charge is 0.338 e. The van der Waals surface area contributed by atoms with Crippen LogP contribution in [0.2, 0.25) is 5.02 Å². The van der Waals surface area contributed by atoms with Gasteiger partial charge in [0.05, 0.1) is 30.3 Å². The third-order valence-corrected chi connectivity index (χ3v) is 3.98. The van der Waals surface area contributed by atoms with Gasteiger partial charge in [-0.05, 0) is 26.0 Å². The molecule has 1 heterocycles. The average Bonchev–Trinajstić information content (AvgIpc) is 2.56. The monoisotopic (exact) mass is 384 g/mol. The van der Waals surface area contributed by atoms with Crippen LogP contribution >= 0.6 is 11.6 Å². The summed E-state index contributed by atoms with van der Waals surface area (Å²) >= 11 is 5.88. The molecule has 1 aliphatic rings. The number of amides is 2. The second-order valence-electron chi connectivity index (χ2n) is 5.47. The summed E-state index contributed by atoms with van der Waals surface area (Å²) in [6.07, 6.45) is -0.380. The van der Waals surface area contributed by atoms with E-state index in [2.05, 4.69) is 10.6 Å². The van der Waals surface area contributed by atoms with E-state index in [4.69, 9.17) is 21.1 Å². The molecule has 0 fully saturated rings. The first-order valence-electron chi connectivity index (χ1n) is 7.89. The summed E-state index contributed by atoms with van der Waals surface area (Å²) in [5, 5.41) is 5.06. The van der Waals surface area contributed by atoms with Crippen LogP contribution in [0.1, 0.15) is 19.4 Å². The van der Waals surface area contributed by atoms with Gasteiger partial charge in [-0.1, -0.05) is 17.7 Å². The molecular weight excluding hydrogens is 367 g/mol. The Kier molecular flexibility index (Phi) is 6.57. The zero-order valence-electron chi connectivity index (χ0n) is 14.2. The van der Waals surface area contributed by atoms with Crippen molar-refractivity contribution >= 4 is 29.6 Å². The Balaban J connectivity index is 2.11. The van der Waals surface area contributed by atoms with Gasteiger partial charge >= 0.3 is 18.0 Å². The molecule has 7 nitrogen and oxygen atoms in total. The number of rotatable bonds is 6. The summed E-state index contributed by atoms with van der Waals surface area (Å²) in [5.74, 6) is -2.01. The minimum Gasteiger partial charge on any atom is -0.463 e. The van der Waals surface area contributed by atoms with Gasteiger partial charge in [-0.15, -0.1) is 0 Å². The molecule has 26 heavy (non-hydrogen) atoms. The van der Waals surface area contributed by atoms with Crippen LogP contribution in [-0.2, 0) is 25.5 Å². The predicted octanol–water partition coefficient (Wildman–Crippen LogP) is 2.08. The maximum Gasteiger partial charge on any atom is 0.338 e. The summed E-state index contributed by atoms with van der Waals surface area (Å²) in [6, 6.07) is 2.93. The Morgan fingerprint density at radius 2 is 2.04 bits per heavy atom. The number of hydrogen-bond acceptors (Lipinski definition) is 5. The number of ether oxygens (including phenoxy) is 2. The van der Waals surface area contributed by atoms with Crippen LogP contribution < -0.4 is 10.6 Å². The number of carbonyl (C=O) groups is 3. The predicted molar refractivity (Wildman–Crippen MR) is 90.9 cm³/mol. The lowest BCUT2D eigenvalue weighted by atomic mass is 10.0. The molecule has 2 N–H and O–H groups in total. The van der Waals surface area contributed by atoms with Gasteiger partial charge in [-0.2, -0.15) is 0 Å². The fourth-order valence-electron chi connectivity index (χ4n) is 2.44. The first kappa shape index (κ1) is 19.7. The van der Waals surface area contributed by atoms with Crippen LogP contribution in [-0.4, -0.2) is 37.2 Å². The largest absolute Gasteiger partial charge is 0.463 e. The van der Waals surface area contributed by atoms with Crippen LogP contribution in [0.25, 0.3) is 0 Å². The highest BCUT2D eigenvalue weighted by atomic mass is 35.5. The number of nitrogens with one attached hydrogen (secondary N) is 2. The van der Waals surface area contributed by atoms with Crippen molar-refractivity contribution in [3.63, 3.8) is 0 Å². The summed E-state index contributed by atoms with van der Waals surface area (Å²) in [4.78, 5) is 35.7. The summed E-state index contributed by atoms with van der Waals surface area (Å²) in [5.41, 5.74) is 0.289. The van der Waals surface area contributed by atoms with Crippen molar-refractivity contribution in [2.45, 2.75) is 26.3 Å². The van der Waals surface area contributed by atoms with Crippen LogP contribution in [0.4, 0.5) is 9.18 Å². The standard InChI is InChI=1S/C17H18ClFN2O5/c1-3-25-16(23)15-9(2)20-17(24)21-13(15)8-26-14(22)7-10-11(18)5-4-6-12(10)19/h4-6,9H,3,7-8H2,1-2H3,(H2,20,21,24)/t9-/m0/s1. The molecule has 0 bridgehead atoms. The molecular formula is C17H18ClFN2O5. The van der Waals surface area contributed by atoms with E-state index < -0.39 is 29.8 Å². The van der Waals surface area contributed by atoms with E-state index in [1.165, 1.54) is 18.2 Å². The Bertz CT molecular complexity index is 745. The van der Waals surface area contributed by atoms with Crippen molar-refractivity contribution in [1.29, 1.82) is 0 Å². The summed E-state index contributed by atoms with van der Waals surface area (Å²) < 4.78 is 23.8. The fraction of sp³-hybridized carbons (Fsp3) is 0.353. The third kappa shape index (κ3) is 4.72. The van der Waals surface area contributed by atoms with Gasteiger partial charge in [-0.3, -0.25) is 4.79 Å². The number of benzene rings is 1. The number of esters is 2. The van der Waals surface area contributed by atoms with Crippen LogP contribution in [0.15, 0.2) is 29.5 Å². The molecule has 0 spiro atoms. The summed E-state index contributed by atoms with van der Waals surface area (Å²) in [6.45, 7) is 3.04. The van der Waals surface area contributed by atoms with Crippen molar-refractivity contribution in [2.75, 3.05) is 13.2 Å². The number of hydrogen-bond donors (Lipinski definition) is 2. The van der Waals surface area contributed by atoms with Crippen molar-refractivity contribution in [1.82, 2.24) is 10.6 Å². The van der Waals surface area contributed by atoms with Crippen LogP contribution in [0, 0.1) is 5.82 Å². The maximum atomic E-state index is 13.7. The van der Waals surface area contributed by atoms with E-state index in [0.717, 1.165) is 0 Å². The number of carbonyl (C=O) groups excluding carboxylic acids is 3. The zero-order chi connectivity index (χ0) is 19.3. The molecule has 0 aromatic heterocycles. The fourth-order valence-corrected chi connectivity index (χ4v) is 2.67. The molecule has 0 saturated carbocycles. The van der Waals surface area contributed by atoms with Crippen molar-refractivity contribution in [2.24, 2.45) is 0 Å². The van der Waals surface area contributed by atoms with Crippen molar-refractivity contribution < 1.29 is 28.2 Å². The molecule has 0 unspecified atom stereocenters. The number of urea groups is 1. The first-order chi connectivity index (χ1) is 12.3. The van der Waals surface area contributed by atoms with E-state index in [-0.39, 0.29) is 41.5 Å². The molecule has 1 atom stereocenters. The minimum atomic E-state index is -0.756.